The van der Waals surface area contributed by atoms with Gasteiger partial charge in [0.15, 0.2) is 15.5 Å². The van der Waals surface area contributed by atoms with Gasteiger partial charge in [0.05, 0.1) is 14.7 Å². The topological polar surface area (TPSA) is 86.1 Å². The lowest BCUT2D eigenvalue weighted by Crippen LogP contribution is -2.22. The summed E-state index contributed by atoms with van der Waals surface area (Å²) in [4.78, 5) is 0.661. The highest BCUT2D eigenvalue weighted by molar-refractivity contribution is 7.90. The number of benzene rings is 2. The Labute approximate surface area is 191 Å². The predicted octanol–water partition coefficient (Wildman–Crippen LogP) is 4.94. The van der Waals surface area contributed by atoms with Gasteiger partial charge in [0.25, 0.3) is 10.0 Å². The largest absolute Gasteiger partial charge is 0.434 e. The number of thiophene rings is 1. The number of alkyl halides is 3. The van der Waals surface area contributed by atoms with Gasteiger partial charge >= 0.3 is 6.18 Å². The lowest BCUT2D eigenvalue weighted by atomic mass is 10.2. The number of hydrogen-bond donors (Lipinski definition) is 0. The van der Waals surface area contributed by atoms with Crippen LogP contribution < -0.4 is 0 Å². The Bertz CT molecular complexity index is 1540. The average Bonchev–Trinajstić information content (AvgIpc) is 3.41. The van der Waals surface area contributed by atoms with Crippen LogP contribution in [0.5, 0.6) is 0 Å². The van der Waals surface area contributed by atoms with Gasteiger partial charge in [0, 0.05) is 11.1 Å². The summed E-state index contributed by atoms with van der Waals surface area (Å²) >= 11 is 1.06. The van der Waals surface area contributed by atoms with Gasteiger partial charge in [0.1, 0.15) is 5.69 Å². The van der Waals surface area contributed by atoms with Gasteiger partial charge in [0.2, 0.25) is 0 Å². The van der Waals surface area contributed by atoms with E-state index in [1.165, 1.54) is 42.5 Å². The molecule has 0 unspecified atom stereocenters. The number of aromatic nitrogens is 2. The molecular weight excluding hydrogens is 497 g/mol. The van der Waals surface area contributed by atoms with Gasteiger partial charge in [-0.15, -0.1) is 15.4 Å². The zero-order valence-electron chi connectivity index (χ0n) is 16.8. The minimum Gasteiger partial charge on any atom is -0.224 e. The highest BCUT2D eigenvalue weighted by atomic mass is 32.2. The molecule has 4 rings (SSSR count). The molecule has 0 aliphatic rings. The van der Waals surface area contributed by atoms with E-state index in [4.69, 9.17) is 0 Å². The van der Waals surface area contributed by atoms with E-state index in [-0.39, 0.29) is 19.6 Å². The minimum absolute atomic E-state index is 0.00133. The van der Waals surface area contributed by atoms with Crippen LogP contribution in [0.3, 0.4) is 0 Å². The number of hydrogen-bond acceptors (Lipinski definition) is 6. The molecule has 0 saturated carbocycles. The number of rotatable bonds is 5. The van der Waals surface area contributed by atoms with Crippen molar-refractivity contribution in [3.63, 3.8) is 0 Å². The Hall–Kier alpha value is -2.96. The first-order valence-electron chi connectivity index (χ1n) is 9.26. The molecule has 0 N–H and O–H groups in total. The normalized spacial score (nSPS) is 12.7. The van der Waals surface area contributed by atoms with Crippen molar-refractivity contribution in [1.82, 2.24) is 9.19 Å². The van der Waals surface area contributed by atoms with Crippen molar-refractivity contribution in [3.8, 4) is 21.0 Å². The van der Waals surface area contributed by atoms with Gasteiger partial charge in [-0.05, 0) is 48.0 Å². The second-order valence-corrected chi connectivity index (χ2v) is 11.9. The molecule has 0 saturated heterocycles. The summed E-state index contributed by atoms with van der Waals surface area (Å²) in [7, 11) is -8.03. The summed E-state index contributed by atoms with van der Waals surface area (Å²) in [6.07, 6.45) is -3.89. The third kappa shape index (κ3) is 4.59. The molecular formula is C21H15F3N2O4S3. The minimum atomic E-state index is -4.96. The molecule has 4 aromatic rings. The molecule has 6 nitrogen and oxygen atoms in total. The van der Waals surface area contributed by atoms with Crippen LogP contribution in [0, 0.1) is 0 Å². The molecule has 0 fully saturated rings. The van der Waals surface area contributed by atoms with Crippen LogP contribution in [0.4, 0.5) is 13.2 Å². The molecule has 2 heterocycles. The van der Waals surface area contributed by atoms with Crippen LogP contribution in [0.2, 0.25) is 0 Å². The monoisotopic (exact) mass is 512 g/mol. The molecule has 0 aliphatic carbocycles. The molecule has 0 aliphatic heterocycles. The molecule has 0 bridgehead atoms. The maximum absolute atomic E-state index is 13.7. The molecule has 0 radical (unpaired) electrons. The van der Waals surface area contributed by atoms with Crippen LogP contribution in [0.25, 0.3) is 21.0 Å². The Morgan fingerprint density at radius 1 is 0.818 bits per heavy atom. The van der Waals surface area contributed by atoms with Crippen molar-refractivity contribution < 1.29 is 30.0 Å². The van der Waals surface area contributed by atoms with Crippen molar-refractivity contribution in [2.24, 2.45) is 0 Å². The fourth-order valence-corrected chi connectivity index (χ4v) is 6.00. The Balaban J connectivity index is 1.80. The van der Waals surface area contributed by atoms with E-state index in [9.17, 15) is 30.0 Å². The van der Waals surface area contributed by atoms with Crippen molar-refractivity contribution >= 4 is 31.2 Å². The predicted molar refractivity (Wildman–Crippen MR) is 118 cm³/mol. The SMILES string of the molecule is CS(=O)(=O)c1cccc(-c2ccc(-c3cc(C(F)(F)F)n(S(=O)(=O)c4ccccc4)n3)s2)c1. The van der Waals surface area contributed by atoms with Gasteiger partial charge in [-0.2, -0.15) is 26.7 Å². The van der Waals surface area contributed by atoms with E-state index in [1.807, 2.05) is 0 Å². The average molecular weight is 513 g/mol. The molecule has 2 aromatic carbocycles. The zero-order valence-corrected chi connectivity index (χ0v) is 19.3. The second-order valence-electron chi connectivity index (χ2n) is 7.04. The Morgan fingerprint density at radius 2 is 1.45 bits per heavy atom. The van der Waals surface area contributed by atoms with E-state index in [0.29, 0.717) is 21.4 Å². The van der Waals surface area contributed by atoms with Crippen molar-refractivity contribution in [2.75, 3.05) is 6.26 Å². The van der Waals surface area contributed by atoms with Gasteiger partial charge < -0.3 is 0 Å². The van der Waals surface area contributed by atoms with E-state index in [2.05, 4.69) is 5.10 Å². The first-order chi connectivity index (χ1) is 15.4. The van der Waals surface area contributed by atoms with Crippen molar-refractivity contribution in [2.45, 2.75) is 16.0 Å². The van der Waals surface area contributed by atoms with Crippen LogP contribution >= 0.6 is 11.3 Å². The van der Waals surface area contributed by atoms with Gasteiger partial charge in [-0.1, -0.05) is 30.3 Å². The summed E-state index contributed by atoms with van der Waals surface area (Å²) in [5.41, 5.74) is -1.03. The number of sulfone groups is 1. The molecule has 172 valence electrons. The lowest BCUT2D eigenvalue weighted by molar-refractivity contribution is -0.142. The highest BCUT2D eigenvalue weighted by Gasteiger charge is 2.40. The quantitative estimate of drug-likeness (QED) is 0.378. The Kier molecular flexibility index (Phi) is 5.71. The Morgan fingerprint density at radius 3 is 2.09 bits per heavy atom. The number of nitrogens with zero attached hydrogens (tertiary/aromatic N) is 2. The van der Waals surface area contributed by atoms with Gasteiger partial charge in [-0.25, -0.2) is 8.42 Å². The molecule has 0 atom stereocenters. The van der Waals surface area contributed by atoms with E-state index >= 15 is 0 Å². The van der Waals surface area contributed by atoms with E-state index in [0.717, 1.165) is 17.6 Å². The maximum atomic E-state index is 13.7. The highest BCUT2D eigenvalue weighted by Crippen LogP contribution is 2.38. The first-order valence-corrected chi connectivity index (χ1v) is 13.4. The van der Waals surface area contributed by atoms with Crippen LogP contribution in [0.1, 0.15) is 5.69 Å². The van der Waals surface area contributed by atoms with Gasteiger partial charge in [-0.3, -0.25) is 0 Å². The van der Waals surface area contributed by atoms with Crippen molar-refractivity contribution in [1.29, 1.82) is 0 Å². The fraction of sp³-hybridized carbons (Fsp3) is 0.0952. The van der Waals surface area contributed by atoms with E-state index in [1.54, 1.807) is 24.3 Å². The molecule has 0 amide bonds. The molecule has 12 heteroatoms. The summed E-state index contributed by atoms with van der Waals surface area (Å²) < 4.78 is 90.3. The molecule has 2 aromatic heterocycles. The van der Waals surface area contributed by atoms with Crippen LogP contribution in [-0.4, -0.2) is 32.3 Å². The summed E-state index contributed by atoms with van der Waals surface area (Å²) in [6, 6.07) is 16.7. The first kappa shape index (κ1) is 23.2. The smallest absolute Gasteiger partial charge is 0.224 e. The van der Waals surface area contributed by atoms with Crippen molar-refractivity contribution in [3.05, 3.63) is 78.5 Å². The summed E-state index contributed by atoms with van der Waals surface area (Å²) in [6.45, 7) is 0. The summed E-state index contributed by atoms with van der Waals surface area (Å²) in [5, 5.41) is 3.78. The standard InChI is InChI=1S/C21H15F3N2O4S3/c1-32(27,28)16-9-5-6-14(12-16)18-10-11-19(31-18)17-13-20(21(22,23)24)26(25-17)33(29,30)15-7-3-2-4-8-15/h2-13H,1H3. The molecule has 33 heavy (non-hydrogen) atoms. The maximum Gasteiger partial charge on any atom is 0.434 e. The third-order valence-electron chi connectivity index (χ3n) is 4.64. The van der Waals surface area contributed by atoms with Crippen LogP contribution in [-0.2, 0) is 26.0 Å². The lowest BCUT2D eigenvalue weighted by Gasteiger charge is -2.10. The van der Waals surface area contributed by atoms with E-state index < -0.39 is 31.7 Å². The third-order valence-corrected chi connectivity index (χ3v) is 8.51. The second kappa shape index (κ2) is 8.12. The zero-order chi connectivity index (χ0) is 24.0. The fourth-order valence-electron chi connectivity index (χ4n) is 3.06. The number of halogens is 3. The van der Waals surface area contributed by atoms with Crippen LogP contribution in [0.15, 0.2) is 82.6 Å². The summed E-state index contributed by atoms with van der Waals surface area (Å²) in [5.74, 6) is 0. The molecule has 0 spiro atoms.